The predicted octanol–water partition coefficient (Wildman–Crippen LogP) is 5.59. The van der Waals surface area contributed by atoms with Gasteiger partial charge in [-0.2, -0.15) is 5.26 Å². The van der Waals surface area contributed by atoms with Crippen LogP contribution in [0.2, 0.25) is 5.02 Å². The first-order chi connectivity index (χ1) is 16.5. The minimum absolute atomic E-state index is 0.218. The molecular formula is C25H20ClN5O2S. The molecule has 0 aliphatic heterocycles. The van der Waals surface area contributed by atoms with Crippen LogP contribution in [0.15, 0.2) is 78.0 Å². The Morgan fingerprint density at radius 3 is 2.62 bits per heavy atom. The number of carbonyl (C=O) groups excluding carboxylic acids is 1. The summed E-state index contributed by atoms with van der Waals surface area (Å²) < 4.78 is 7.40. The summed E-state index contributed by atoms with van der Waals surface area (Å²) in [6, 6.07) is 23.7. The van der Waals surface area contributed by atoms with E-state index < -0.39 is 5.25 Å². The van der Waals surface area contributed by atoms with Gasteiger partial charge in [0, 0.05) is 16.4 Å². The van der Waals surface area contributed by atoms with Crippen LogP contribution in [0.25, 0.3) is 17.1 Å². The maximum Gasteiger partial charge on any atom is 0.237 e. The maximum atomic E-state index is 12.9. The van der Waals surface area contributed by atoms with Gasteiger partial charge in [0.05, 0.1) is 29.6 Å². The summed E-state index contributed by atoms with van der Waals surface area (Å²) >= 11 is 7.38. The van der Waals surface area contributed by atoms with E-state index in [9.17, 15) is 4.79 Å². The molecule has 1 heterocycles. The van der Waals surface area contributed by atoms with Gasteiger partial charge in [0.1, 0.15) is 5.75 Å². The Morgan fingerprint density at radius 2 is 1.88 bits per heavy atom. The lowest BCUT2D eigenvalue weighted by Crippen LogP contribution is -2.23. The third-order valence-corrected chi connectivity index (χ3v) is 6.27. The second-order valence-electron chi connectivity index (χ2n) is 7.26. The van der Waals surface area contributed by atoms with Gasteiger partial charge in [-0.25, -0.2) is 0 Å². The Balaban J connectivity index is 1.67. The third-order valence-electron chi connectivity index (χ3n) is 4.98. The fourth-order valence-corrected chi connectivity index (χ4v) is 4.29. The number of para-hydroxylation sites is 1. The van der Waals surface area contributed by atoms with E-state index in [0.717, 1.165) is 11.3 Å². The highest BCUT2D eigenvalue weighted by Gasteiger charge is 2.23. The average molecular weight is 490 g/mol. The number of hydrogen-bond donors (Lipinski definition) is 1. The predicted molar refractivity (Wildman–Crippen MR) is 133 cm³/mol. The number of anilines is 1. The highest BCUT2D eigenvalue weighted by atomic mass is 35.5. The minimum Gasteiger partial charge on any atom is -0.496 e. The second-order valence-corrected chi connectivity index (χ2v) is 9.00. The van der Waals surface area contributed by atoms with Crippen molar-refractivity contribution in [3.05, 3.63) is 83.4 Å². The molecule has 0 bridgehead atoms. The Bertz CT molecular complexity index is 1360. The van der Waals surface area contributed by atoms with Crippen molar-refractivity contribution >= 4 is 35.0 Å². The monoisotopic (exact) mass is 489 g/mol. The summed E-state index contributed by atoms with van der Waals surface area (Å²) in [5.41, 5.74) is 2.60. The number of rotatable bonds is 7. The van der Waals surface area contributed by atoms with Crippen LogP contribution in [-0.2, 0) is 4.79 Å². The molecule has 1 amide bonds. The molecule has 4 rings (SSSR count). The highest BCUT2D eigenvalue weighted by molar-refractivity contribution is 8.00. The zero-order valence-corrected chi connectivity index (χ0v) is 20.0. The molecule has 9 heteroatoms. The van der Waals surface area contributed by atoms with Crippen LogP contribution in [-0.4, -0.2) is 33.0 Å². The molecule has 7 nitrogen and oxygen atoms in total. The Hall–Kier alpha value is -3.80. The molecule has 3 aromatic carbocycles. The van der Waals surface area contributed by atoms with E-state index in [1.807, 2.05) is 41.0 Å². The molecule has 0 saturated carbocycles. The molecular weight excluding hydrogens is 470 g/mol. The fraction of sp³-hybridized carbons (Fsp3) is 0.120. The number of ether oxygens (including phenoxy) is 1. The first-order valence-corrected chi connectivity index (χ1v) is 11.6. The zero-order valence-electron chi connectivity index (χ0n) is 18.4. The van der Waals surface area contributed by atoms with E-state index in [1.54, 1.807) is 50.4 Å². The van der Waals surface area contributed by atoms with Crippen LogP contribution < -0.4 is 10.1 Å². The van der Waals surface area contributed by atoms with Crippen molar-refractivity contribution in [3.8, 4) is 28.9 Å². The average Bonchev–Trinajstić information content (AvgIpc) is 3.27. The summed E-state index contributed by atoms with van der Waals surface area (Å²) in [6.45, 7) is 1.79. The molecule has 0 spiro atoms. The quantitative estimate of drug-likeness (QED) is 0.340. The van der Waals surface area contributed by atoms with E-state index in [-0.39, 0.29) is 5.91 Å². The fourth-order valence-electron chi connectivity index (χ4n) is 3.30. The first-order valence-electron chi connectivity index (χ1n) is 10.3. The maximum absolute atomic E-state index is 12.9. The molecule has 0 fully saturated rings. The molecule has 1 atom stereocenters. The summed E-state index contributed by atoms with van der Waals surface area (Å²) in [5.74, 6) is 1.02. The lowest BCUT2D eigenvalue weighted by Gasteiger charge is -2.15. The molecule has 0 aliphatic carbocycles. The van der Waals surface area contributed by atoms with E-state index in [1.165, 1.54) is 11.8 Å². The summed E-state index contributed by atoms with van der Waals surface area (Å²) in [4.78, 5) is 12.9. The standard InChI is InChI=1S/C25H20ClN5O2S/c1-16(24(32)28-19-7-5-6-17(14-19)15-27)34-25-30-29-23(21-8-3-4-9-22(21)33-2)31(25)20-12-10-18(26)11-13-20/h3-14,16H,1-2H3,(H,28,32). The molecule has 0 saturated heterocycles. The number of methoxy groups -OCH3 is 1. The molecule has 1 N–H and O–H groups in total. The third kappa shape index (κ3) is 5.06. The molecule has 1 unspecified atom stereocenters. The normalized spacial score (nSPS) is 11.5. The number of thioether (sulfide) groups is 1. The molecule has 34 heavy (non-hydrogen) atoms. The van der Waals surface area contributed by atoms with E-state index in [0.29, 0.717) is 33.0 Å². The lowest BCUT2D eigenvalue weighted by atomic mass is 10.2. The summed E-state index contributed by atoms with van der Waals surface area (Å²) in [7, 11) is 1.60. The van der Waals surface area contributed by atoms with Crippen molar-refractivity contribution in [3.63, 3.8) is 0 Å². The number of nitrogens with one attached hydrogen (secondary N) is 1. The molecule has 1 aromatic heterocycles. The van der Waals surface area contributed by atoms with Crippen molar-refractivity contribution in [2.75, 3.05) is 12.4 Å². The molecule has 4 aromatic rings. The summed E-state index contributed by atoms with van der Waals surface area (Å²) in [5, 5.41) is 21.4. The van der Waals surface area contributed by atoms with Gasteiger partial charge in [-0.15, -0.1) is 10.2 Å². The van der Waals surface area contributed by atoms with Gasteiger partial charge in [-0.3, -0.25) is 9.36 Å². The van der Waals surface area contributed by atoms with Gasteiger partial charge in [0.15, 0.2) is 11.0 Å². The number of benzene rings is 3. The van der Waals surface area contributed by atoms with Crippen LogP contribution in [0.5, 0.6) is 5.75 Å². The van der Waals surface area contributed by atoms with Crippen molar-refractivity contribution in [1.29, 1.82) is 5.26 Å². The number of aromatic nitrogens is 3. The molecule has 170 valence electrons. The van der Waals surface area contributed by atoms with Crippen molar-refractivity contribution in [1.82, 2.24) is 14.8 Å². The van der Waals surface area contributed by atoms with Gasteiger partial charge in [0.2, 0.25) is 5.91 Å². The largest absolute Gasteiger partial charge is 0.496 e. The molecule has 0 aliphatic rings. The number of nitriles is 1. The smallest absolute Gasteiger partial charge is 0.237 e. The van der Waals surface area contributed by atoms with Crippen LogP contribution in [0.3, 0.4) is 0 Å². The summed E-state index contributed by atoms with van der Waals surface area (Å²) in [6.07, 6.45) is 0. The van der Waals surface area contributed by atoms with Gasteiger partial charge >= 0.3 is 0 Å². The van der Waals surface area contributed by atoms with Gasteiger partial charge in [-0.05, 0) is 61.5 Å². The second kappa shape index (κ2) is 10.4. The Kier molecular flexibility index (Phi) is 7.16. The Morgan fingerprint density at radius 1 is 1.12 bits per heavy atom. The van der Waals surface area contributed by atoms with Gasteiger partial charge in [0.25, 0.3) is 0 Å². The lowest BCUT2D eigenvalue weighted by molar-refractivity contribution is -0.115. The van der Waals surface area contributed by atoms with E-state index in [4.69, 9.17) is 21.6 Å². The van der Waals surface area contributed by atoms with Crippen LogP contribution in [0, 0.1) is 11.3 Å². The highest BCUT2D eigenvalue weighted by Crippen LogP contribution is 2.34. The van der Waals surface area contributed by atoms with Crippen LogP contribution >= 0.6 is 23.4 Å². The van der Waals surface area contributed by atoms with Crippen LogP contribution in [0.1, 0.15) is 12.5 Å². The number of nitrogens with zero attached hydrogens (tertiary/aromatic N) is 4. The number of carbonyl (C=O) groups is 1. The first kappa shape index (κ1) is 23.4. The van der Waals surface area contributed by atoms with Crippen molar-refractivity contribution < 1.29 is 9.53 Å². The zero-order chi connectivity index (χ0) is 24.1. The Labute approximate surface area is 206 Å². The minimum atomic E-state index is -0.494. The van der Waals surface area contributed by atoms with Crippen molar-refractivity contribution in [2.24, 2.45) is 0 Å². The molecule has 0 radical (unpaired) electrons. The van der Waals surface area contributed by atoms with E-state index in [2.05, 4.69) is 21.6 Å². The number of halogens is 1. The van der Waals surface area contributed by atoms with E-state index >= 15 is 0 Å². The van der Waals surface area contributed by atoms with Gasteiger partial charge in [-0.1, -0.05) is 41.6 Å². The van der Waals surface area contributed by atoms with Crippen molar-refractivity contribution in [2.45, 2.75) is 17.3 Å². The SMILES string of the molecule is COc1ccccc1-c1nnc(SC(C)C(=O)Nc2cccc(C#N)c2)n1-c1ccc(Cl)cc1. The van der Waals surface area contributed by atoms with Crippen LogP contribution in [0.4, 0.5) is 5.69 Å². The number of amides is 1. The van der Waals surface area contributed by atoms with Gasteiger partial charge < -0.3 is 10.1 Å². The topological polar surface area (TPSA) is 92.8 Å². The number of hydrogen-bond acceptors (Lipinski definition) is 6.